The lowest BCUT2D eigenvalue weighted by Crippen LogP contribution is -2.32. The fourth-order valence-electron chi connectivity index (χ4n) is 7.96. The Bertz CT molecular complexity index is 3070. The number of nitrogens with one attached hydrogen (secondary N) is 2. The zero-order valence-electron chi connectivity index (χ0n) is 37.4. The van der Waals surface area contributed by atoms with E-state index < -0.39 is 12.7 Å². The van der Waals surface area contributed by atoms with Crippen LogP contribution in [0.2, 0.25) is 5.02 Å². The molecule has 8 aromatic rings. The molecule has 1 aliphatic rings. The normalized spacial score (nSPS) is 13.1. The molecule has 1 saturated heterocycles. The zero-order chi connectivity index (χ0) is 49.6. The van der Waals surface area contributed by atoms with Gasteiger partial charge in [0, 0.05) is 48.7 Å². The van der Waals surface area contributed by atoms with Gasteiger partial charge in [-0.2, -0.15) is 0 Å². The minimum absolute atomic E-state index is 0.200. The van der Waals surface area contributed by atoms with Gasteiger partial charge >= 0.3 is 12.7 Å². The van der Waals surface area contributed by atoms with Gasteiger partial charge in [0.05, 0.1) is 16.2 Å². The average Bonchev–Trinajstić information content (AvgIpc) is 3.69. The smallest absolute Gasteiger partial charge is 0.457 e. The summed E-state index contributed by atoms with van der Waals surface area (Å²) >= 11 is 6.14. The van der Waals surface area contributed by atoms with Gasteiger partial charge in [0.25, 0.3) is 5.91 Å². The van der Waals surface area contributed by atoms with E-state index in [1.54, 1.807) is 72.1 Å². The highest BCUT2D eigenvalue weighted by Gasteiger charge is 2.32. The fraction of sp³-hybridized carbons (Fsp3) is 0.216. The van der Waals surface area contributed by atoms with Gasteiger partial charge in [0.2, 0.25) is 0 Å². The molecule has 19 heteroatoms. The van der Waals surface area contributed by atoms with Crippen molar-refractivity contribution in [1.82, 2.24) is 24.7 Å². The zero-order valence-corrected chi connectivity index (χ0v) is 38.2. The van der Waals surface area contributed by atoms with Gasteiger partial charge in [-0.3, -0.25) is 9.20 Å². The highest BCUT2D eigenvalue weighted by molar-refractivity contribution is 6.30. The monoisotopic (exact) mass is 985 g/mol. The second-order valence-electron chi connectivity index (χ2n) is 16.1. The summed E-state index contributed by atoms with van der Waals surface area (Å²) in [6, 6.07) is 34.1. The van der Waals surface area contributed by atoms with Crippen molar-refractivity contribution >= 4 is 51.3 Å². The van der Waals surface area contributed by atoms with Crippen LogP contribution in [0, 0.1) is 12.7 Å². The van der Waals surface area contributed by atoms with Crippen molar-refractivity contribution in [3.05, 3.63) is 173 Å². The first-order chi connectivity index (χ1) is 33.4. The van der Waals surface area contributed by atoms with Crippen LogP contribution < -0.4 is 29.7 Å². The molecular formula is C51H43ClF7N7O4. The summed E-state index contributed by atoms with van der Waals surface area (Å²) in [5, 5.41) is 7.38. The lowest BCUT2D eigenvalue weighted by Gasteiger charge is -2.34. The van der Waals surface area contributed by atoms with Gasteiger partial charge in [-0.1, -0.05) is 42.8 Å². The van der Waals surface area contributed by atoms with Crippen molar-refractivity contribution in [2.45, 2.75) is 58.3 Å². The van der Waals surface area contributed by atoms with E-state index in [-0.39, 0.29) is 29.1 Å². The van der Waals surface area contributed by atoms with Gasteiger partial charge in [-0.05, 0) is 140 Å². The molecule has 3 aromatic heterocycles. The van der Waals surface area contributed by atoms with Crippen LogP contribution in [0.15, 0.2) is 134 Å². The molecule has 1 fully saturated rings. The molecule has 362 valence electrons. The molecule has 2 N–H and O–H groups in total. The Morgan fingerprint density at radius 1 is 0.743 bits per heavy atom. The maximum atomic E-state index is 13.5. The van der Waals surface area contributed by atoms with Crippen molar-refractivity contribution < 1.29 is 49.7 Å². The van der Waals surface area contributed by atoms with Crippen molar-refractivity contribution in [1.29, 1.82) is 0 Å². The number of halogens is 8. The van der Waals surface area contributed by atoms with Crippen molar-refractivity contribution in [3.63, 3.8) is 0 Å². The molecule has 0 aliphatic carbocycles. The Labute approximate surface area is 401 Å². The number of hydrogen-bond acceptors (Lipinski definition) is 9. The molecule has 0 atom stereocenters. The Kier molecular flexibility index (Phi) is 14.6. The van der Waals surface area contributed by atoms with Gasteiger partial charge in [0.15, 0.2) is 0 Å². The first-order valence-corrected chi connectivity index (χ1v) is 22.3. The van der Waals surface area contributed by atoms with E-state index in [0.29, 0.717) is 69.1 Å². The number of aryl methyl sites for hydroxylation is 2. The van der Waals surface area contributed by atoms with Gasteiger partial charge in [-0.15, -0.1) is 26.3 Å². The first-order valence-electron chi connectivity index (χ1n) is 21.9. The molecule has 9 rings (SSSR count). The van der Waals surface area contributed by atoms with E-state index in [0.717, 1.165) is 48.4 Å². The number of imidazole rings is 1. The number of ether oxygens (including phenoxy) is 3. The number of aromatic nitrogens is 4. The average molecular weight is 986 g/mol. The number of amides is 1. The van der Waals surface area contributed by atoms with Crippen LogP contribution in [0.25, 0.3) is 16.6 Å². The first kappa shape index (κ1) is 48.8. The molecule has 11 nitrogen and oxygen atoms in total. The second kappa shape index (κ2) is 21.0. The summed E-state index contributed by atoms with van der Waals surface area (Å²) in [6.07, 6.45) is -5.29. The Morgan fingerprint density at radius 2 is 1.34 bits per heavy atom. The van der Waals surface area contributed by atoms with Crippen LogP contribution >= 0.6 is 11.6 Å². The van der Waals surface area contributed by atoms with Crippen molar-refractivity contribution in [3.8, 4) is 23.0 Å². The van der Waals surface area contributed by atoms with Gasteiger partial charge in [0.1, 0.15) is 51.8 Å². The van der Waals surface area contributed by atoms with Crippen LogP contribution in [0.1, 0.15) is 58.8 Å². The Morgan fingerprint density at radius 3 is 1.96 bits per heavy atom. The minimum atomic E-state index is -4.74. The van der Waals surface area contributed by atoms with Crippen LogP contribution in [-0.4, -0.2) is 51.1 Å². The van der Waals surface area contributed by atoms with Crippen molar-refractivity contribution in [2.75, 3.05) is 23.3 Å². The number of benzene rings is 5. The molecule has 1 aliphatic heterocycles. The van der Waals surface area contributed by atoms with E-state index in [1.807, 2.05) is 19.1 Å². The number of fused-ring (bicyclic) bond motifs is 2. The summed E-state index contributed by atoms with van der Waals surface area (Å²) in [5.74, 6) is 1.06. The number of pyridine rings is 1. The summed E-state index contributed by atoms with van der Waals surface area (Å²) in [5.41, 5.74) is 6.21. The third-order valence-corrected chi connectivity index (χ3v) is 11.4. The molecule has 0 unspecified atom stereocenters. The topological polar surface area (TPSA) is 115 Å². The minimum Gasteiger partial charge on any atom is -0.457 e. The van der Waals surface area contributed by atoms with Gasteiger partial charge < -0.3 is 29.7 Å². The second-order valence-corrected chi connectivity index (χ2v) is 16.6. The number of carbonyl (C=O) groups excluding carboxylic acids is 1. The van der Waals surface area contributed by atoms with E-state index in [1.165, 1.54) is 48.5 Å². The largest absolute Gasteiger partial charge is 0.573 e. The summed E-state index contributed by atoms with van der Waals surface area (Å²) < 4.78 is 103. The fourth-order valence-corrected chi connectivity index (χ4v) is 8.12. The summed E-state index contributed by atoms with van der Waals surface area (Å²) in [6.45, 7) is 5.75. The Hall–Kier alpha value is -7.60. The maximum Gasteiger partial charge on any atom is 0.573 e. The van der Waals surface area contributed by atoms with E-state index in [9.17, 15) is 35.5 Å². The molecule has 5 aromatic carbocycles. The third-order valence-electron chi connectivity index (χ3n) is 11.2. The number of piperidine rings is 1. The molecule has 70 heavy (non-hydrogen) atoms. The number of hydrogen-bond donors (Lipinski definition) is 2. The molecule has 0 bridgehead atoms. The van der Waals surface area contributed by atoms with Crippen LogP contribution in [0.5, 0.6) is 23.0 Å². The third kappa shape index (κ3) is 12.7. The van der Waals surface area contributed by atoms with E-state index in [2.05, 4.69) is 52.1 Å². The van der Waals surface area contributed by atoms with Crippen molar-refractivity contribution in [2.24, 2.45) is 0 Å². The predicted octanol–water partition coefficient (Wildman–Crippen LogP) is 13.3. The quantitative estimate of drug-likeness (QED) is 0.115. The number of nitrogens with zero attached hydrogens (tertiary/aromatic N) is 5. The lowest BCUT2D eigenvalue weighted by molar-refractivity contribution is -0.275. The molecule has 0 saturated carbocycles. The van der Waals surface area contributed by atoms with Gasteiger partial charge in [-0.25, -0.2) is 19.3 Å². The van der Waals surface area contributed by atoms with E-state index in [4.69, 9.17) is 16.3 Å². The highest BCUT2D eigenvalue weighted by Crippen LogP contribution is 2.34. The standard InChI is InChI=1S/C29H28ClF3N4O2.C22H15F4N3O2/c1-2-25-27(37-18-22(30)7-12-26(37)35-25)28(38)34-17-19-3-8-23(9-4-19)36-15-13-21(14-16-36)20-5-10-24(11-6-20)39-29(31,32)33;1-13-27-20-12-14(23)2-11-19(20)21(28-13)29-15-3-5-16(6-4-15)30-17-7-9-18(10-8-17)31-22(24,25)26/h3-12,18,21H,2,13-17H2,1H3,(H,34,38);2-12H,1H3,(H,27,28,29). The summed E-state index contributed by atoms with van der Waals surface area (Å²) in [7, 11) is 0. The molecule has 4 heterocycles. The van der Waals surface area contributed by atoms with Crippen LogP contribution in [-0.2, 0) is 13.0 Å². The number of carbonyl (C=O) groups is 1. The number of rotatable bonds is 12. The van der Waals surface area contributed by atoms with E-state index >= 15 is 0 Å². The highest BCUT2D eigenvalue weighted by atomic mass is 35.5. The molecular weight excluding hydrogens is 943 g/mol. The predicted molar refractivity (Wildman–Crippen MR) is 252 cm³/mol. The number of anilines is 3. The molecule has 0 radical (unpaired) electrons. The lowest BCUT2D eigenvalue weighted by atomic mass is 9.89. The molecule has 0 spiro atoms. The SMILES string of the molecule is CCc1nc2ccc(Cl)cn2c1C(=O)NCc1ccc(N2CCC(c3ccc(OC(F)(F)F)cc3)CC2)cc1.Cc1nc(Nc2ccc(Oc3ccc(OC(F)(F)F)cc3)cc2)c2ccc(F)cc2n1. The number of alkyl halides is 6. The Balaban J connectivity index is 0.000000193. The maximum absolute atomic E-state index is 13.5. The molecule has 1 amide bonds. The van der Waals surface area contributed by atoms with Crippen LogP contribution in [0.4, 0.5) is 47.9 Å². The summed E-state index contributed by atoms with van der Waals surface area (Å²) in [4.78, 5) is 28.5. The van der Waals surface area contributed by atoms with Crippen LogP contribution in [0.3, 0.4) is 0 Å².